The average molecular weight is 273 g/mol. The quantitative estimate of drug-likeness (QED) is 0.778. The fourth-order valence-corrected chi connectivity index (χ4v) is 2.15. The van der Waals surface area contributed by atoms with Gasteiger partial charge in [-0.15, -0.1) is 0 Å². The molecule has 20 heavy (non-hydrogen) atoms. The fourth-order valence-electron chi connectivity index (χ4n) is 2.15. The van der Waals surface area contributed by atoms with Gasteiger partial charge in [0, 0.05) is 5.92 Å². The normalized spacial score (nSPS) is 15.9. The predicted molar refractivity (Wildman–Crippen MR) is 85.4 cm³/mol. The molecular weight excluding hydrogens is 246 g/mol. The number of hydrogen-bond acceptors (Lipinski definition) is 1. The SMILES string of the molecule is CC.CC/C=C(\C)C(NC(=O)C1CC1)c1ccccc1. The second-order valence-electron chi connectivity index (χ2n) is 4.98. The molecule has 0 spiro atoms. The Hall–Kier alpha value is -1.57. The molecule has 1 atom stereocenters. The van der Waals surface area contributed by atoms with Gasteiger partial charge in [0.25, 0.3) is 0 Å². The summed E-state index contributed by atoms with van der Waals surface area (Å²) in [5.41, 5.74) is 2.38. The van der Waals surface area contributed by atoms with Crippen LogP contribution in [-0.4, -0.2) is 5.91 Å². The lowest BCUT2D eigenvalue weighted by Crippen LogP contribution is -2.30. The molecule has 1 unspecified atom stereocenters. The van der Waals surface area contributed by atoms with Gasteiger partial charge in [-0.3, -0.25) is 4.79 Å². The highest BCUT2D eigenvalue weighted by molar-refractivity contribution is 5.81. The summed E-state index contributed by atoms with van der Waals surface area (Å²) < 4.78 is 0. The summed E-state index contributed by atoms with van der Waals surface area (Å²) in [6.45, 7) is 8.21. The van der Waals surface area contributed by atoms with Crippen LogP contribution in [-0.2, 0) is 4.79 Å². The summed E-state index contributed by atoms with van der Waals surface area (Å²) in [6.07, 6.45) is 5.27. The van der Waals surface area contributed by atoms with Crippen LogP contribution in [0, 0.1) is 5.92 Å². The Labute approximate surface area is 123 Å². The summed E-state index contributed by atoms with van der Waals surface area (Å²) in [4.78, 5) is 12.0. The molecule has 0 bridgehead atoms. The van der Waals surface area contributed by atoms with Crippen molar-refractivity contribution in [2.75, 3.05) is 0 Å². The molecule has 0 saturated heterocycles. The first-order valence-corrected chi connectivity index (χ1v) is 7.74. The molecule has 1 aromatic rings. The van der Waals surface area contributed by atoms with Gasteiger partial charge in [-0.1, -0.05) is 62.8 Å². The Morgan fingerprint density at radius 1 is 1.30 bits per heavy atom. The van der Waals surface area contributed by atoms with E-state index in [0.29, 0.717) is 0 Å². The van der Waals surface area contributed by atoms with Gasteiger partial charge in [0.05, 0.1) is 6.04 Å². The molecule has 110 valence electrons. The van der Waals surface area contributed by atoms with Crippen LogP contribution in [0.5, 0.6) is 0 Å². The first-order valence-electron chi connectivity index (χ1n) is 7.74. The third kappa shape index (κ3) is 4.84. The van der Waals surface area contributed by atoms with Crippen molar-refractivity contribution in [2.24, 2.45) is 5.92 Å². The van der Waals surface area contributed by atoms with Crippen LogP contribution >= 0.6 is 0 Å². The van der Waals surface area contributed by atoms with Gasteiger partial charge in [-0.05, 0) is 31.7 Å². The molecule has 0 radical (unpaired) electrons. The summed E-state index contributed by atoms with van der Waals surface area (Å²) in [7, 11) is 0. The highest BCUT2D eigenvalue weighted by Crippen LogP contribution is 2.31. The second kappa shape index (κ2) is 8.57. The zero-order chi connectivity index (χ0) is 15.0. The standard InChI is InChI=1S/C16H21NO.C2H6/c1-3-7-12(2)15(13-8-5-4-6-9-13)17-16(18)14-10-11-14;1-2/h4-9,14-15H,3,10-11H2,1-2H3,(H,17,18);1-2H3/b12-7+;. The van der Waals surface area contributed by atoms with Crippen LogP contribution in [0.2, 0.25) is 0 Å². The van der Waals surface area contributed by atoms with Crippen LogP contribution < -0.4 is 5.32 Å². The molecule has 1 N–H and O–H groups in total. The predicted octanol–water partition coefficient (Wildman–Crippen LogP) is 4.64. The fraction of sp³-hybridized carbons (Fsp3) is 0.500. The summed E-state index contributed by atoms with van der Waals surface area (Å²) >= 11 is 0. The molecule has 1 fully saturated rings. The van der Waals surface area contributed by atoms with Crippen LogP contribution in [0.25, 0.3) is 0 Å². The van der Waals surface area contributed by atoms with Crippen molar-refractivity contribution in [3.63, 3.8) is 0 Å². The van der Waals surface area contributed by atoms with E-state index in [4.69, 9.17) is 0 Å². The Morgan fingerprint density at radius 3 is 2.40 bits per heavy atom. The van der Waals surface area contributed by atoms with Gasteiger partial charge in [0.1, 0.15) is 0 Å². The number of allylic oxidation sites excluding steroid dienone is 1. The Morgan fingerprint density at radius 2 is 1.90 bits per heavy atom. The number of benzene rings is 1. The molecule has 1 saturated carbocycles. The first-order chi connectivity index (χ1) is 9.72. The van der Waals surface area contributed by atoms with Crippen molar-refractivity contribution in [2.45, 2.75) is 53.0 Å². The lowest BCUT2D eigenvalue weighted by molar-refractivity contribution is -0.122. The van der Waals surface area contributed by atoms with Crippen molar-refractivity contribution in [1.29, 1.82) is 0 Å². The maximum Gasteiger partial charge on any atom is 0.223 e. The second-order valence-corrected chi connectivity index (χ2v) is 4.98. The van der Waals surface area contributed by atoms with E-state index < -0.39 is 0 Å². The molecule has 2 rings (SSSR count). The topological polar surface area (TPSA) is 29.1 Å². The first kappa shape index (κ1) is 16.5. The van der Waals surface area contributed by atoms with E-state index in [1.54, 1.807) is 0 Å². The minimum absolute atomic E-state index is 0.0271. The van der Waals surface area contributed by atoms with E-state index in [1.165, 1.54) is 5.57 Å². The summed E-state index contributed by atoms with van der Waals surface area (Å²) in [6, 6.07) is 10.2. The minimum atomic E-state index is 0.0271. The molecule has 0 aliphatic heterocycles. The molecule has 1 aromatic carbocycles. The molecular formula is C18H27NO. The van der Waals surface area contributed by atoms with E-state index in [1.807, 2.05) is 32.0 Å². The minimum Gasteiger partial charge on any atom is -0.345 e. The number of carbonyl (C=O) groups excluding carboxylic acids is 1. The molecule has 0 aromatic heterocycles. The maximum atomic E-state index is 12.0. The smallest absolute Gasteiger partial charge is 0.223 e. The average Bonchev–Trinajstić information content (AvgIpc) is 3.32. The summed E-state index contributed by atoms with van der Waals surface area (Å²) in [5, 5.41) is 3.17. The van der Waals surface area contributed by atoms with E-state index >= 15 is 0 Å². The highest BCUT2D eigenvalue weighted by atomic mass is 16.2. The number of amides is 1. The molecule has 1 aliphatic rings. The van der Waals surface area contributed by atoms with Crippen molar-refractivity contribution in [3.8, 4) is 0 Å². The lowest BCUT2D eigenvalue weighted by Gasteiger charge is -2.20. The van der Waals surface area contributed by atoms with Gasteiger partial charge >= 0.3 is 0 Å². The van der Waals surface area contributed by atoms with Crippen LogP contribution in [0.3, 0.4) is 0 Å². The molecule has 0 heterocycles. The zero-order valence-electron chi connectivity index (χ0n) is 13.1. The summed E-state index contributed by atoms with van der Waals surface area (Å²) in [5.74, 6) is 0.457. The molecule has 1 amide bonds. The molecule has 2 nitrogen and oxygen atoms in total. The van der Waals surface area contributed by atoms with Gasteiger partial charge in [0.15, 0.2) is 0 Å². The van der Waals surface area contributed by atoms with E-state index in [9.17, 15) is 4.79 Å². The Kier molecular flexibility index (Phi) is 7.06. The Bertz CT molecular complexity index is 432. The lowest BCUT2D eigenvalue weighted by atomic mass is 9.98. The van der Waals surface area contributed by atoms with Gasteiger partial charge in [0.2, 0.25) is 5.91 Å². The highest BCUT2D eigenvalue weighted by Gasteiger charge is 2.31. The number of carbonyl (C=O) groups is 1. The van der Waals surface area contributed by atoms with Crippen LogP contribution in [0.1, 0.15) is 58.6 Å². The van der Waals surface area contributed by atoms with Crippen molar-refractivity contribution >= 4 is 5.91 Å². The number of nitrogens with one attached hydrogen (secondary N) is 1. The number of rotatable bonds is 5. The maximum absolute atomic E-state index is 12.0. The van der Waals surface area contributed by atoms with E-state index in [-0.39, 0.29) is 17.9 Å². The third-order valence-corrected chi connectivity index (χ3v) is 3.35. The van der Waals surface area contributed by atoms with E-state index in [0.717, 1.165) is 24.8 Å². The zero-order valence-corrected chi connectivity index (χ0v) is 13.1. The number of hydrogen-bond donors (Lipinski definition) is 1. The Balaban J connectivity index is 0.000000956. The van der Waals surface area contributed by atoms with Crippen molar-refractivity contribution in [3.05, 3.63) is 47.5 Å². The molecule has 2 heteroatoms. The van der Waals surface area contributed by atoms with E-state index in [2.05, 4.69) is 37.4 Å². The van der Waals surface area contributed by atoms with Crippen molar-refractivity contribution < 1.29 is 4.79 Å². The van der Waals surface area contributed by atoms with Gasteiger partial charge in [-0.2, -0.15) is 0 Å². The molecule has 1 aliphatic carbocycles. The largest absolute Gasteiger partial charge is 0.345 e. The monoisotopic (exact) mass is 273 g/mol. The van der Waals surface area contributed by atoms with Crippen LogP contribution in [0.4, 0.5) is 0 Å². The third-order valence-electron chi connectivity index (χ3n) is 3.35. The van der Waals surface area contributed by atoms with Crippen LogP contribution in [0.15, 0.2) is 42.0 Å². The van der Waals surface area contributed by atoms with Gasteiger partial charge < -0.3 is 5.32 Å². The van der Waals surface area contributed by atoms with Crippen molar-refractivity contribution in [1.82, 2.24) is 5.32 Å². The van der Waals surface area contributed by atoms with Gasteiger partial charge in [-0.25, -0.2) is 0 Å².